The van der Waals surface area contributed by atoms with Crippen LogP contribution < -0.4 is 26.4 Å². The van der Waals surface area contributed by atoms with E-state index in [4.69, 9.17) is 43.8 Å². The fourth-order valence-corrected chi connectivity index (χ4v) is 7.49. The average Bonchev–Trinajstić information content (AvgIpc) is 3.88. The minimum absolute atomic E-state index is 0.0521. The summed E-state index contributed by atoms with van der Waals surface area (Å²) in [5, 5.41) is 16.5. The lowest BCUT2D eigenvalue weighted by molar-refractivity contribution is -0.121. The van der Waals surface area contributed by atoms with Gasteiger partial charge in [0.05, 0.1) is 28.5 Å². The number of nitrogens with zero attached hydrogens (tertiary/aromatic N) is 4. The number of methoxy groups -OCH3 is 1. The highest BCUT2D eigenvalue weighted by molar-refractivity contribution is 6.39. The maximum Gasteiger partial charge on any atom is 0.220 e. The molecule has 2 fully saturated rings. The van der Waals surface area contributed by atoms with Gasteiger partial charge in [-0.1, -0.05) is 59.6 Å². The van der Waals surface area contributed by atoms with Gasteiger partial charge < -0.3 is 26.4 Å². The Labute approximate surface area is 299 Å². The van der Waals surface area contributed by atoms with Crippen molar-refractivity contribution < 1.29 is 14.3 Å². The fraction of sp³-hybridized carbons (Fsp3) is 0.324. The van der Waals surface area contributed by atoms with E-state index in [0.717, 1.165) is 58.9 Å². The monoisotopic (exact) mass is 712 g/mol. The molecular formula is C37H38Cl2N8O3. The van der Waals surface area contributed by atoms with Gasteiger partial charge in [0.2, 0.25) is 17.7 Å². The summed E-state index contributed by atoms with van der Waals surface area (Å²) in [6.07, 6.45) is 7.67. The number of nitrogens with one attached hydrogen (secondary N) is 3. The molecule has 4 heterocycles. The van der Waals surface area contributed by atoms with E-state index in [2.05, 4.69) is 27.0 Å². The van der Waals surface area contributed by atoms with E-state index >= 15 is 0 Å². The molecule has 50 heavy (non-hydrogen) atoms. The maximum atomic E-state index is 11.5. The van der Waals surface area contributed by atoms with Crippen LogP contribution in [-0.2, 0) is 22.7 Å². The Morgan fingerprint density at radius 3 is 2.60 bits per heavy atom. The molecule has 1 aliphatic heterocycles. The lowest BCUT2D eigenvalue weighted by Crippen LogP contribution is -2.35. The third-order valence-corrected chi connectivity index (χ3v) is 10.4. The largest absolute Gasteiger partial charge is 0.481 e. The Morgan fingerprint density at radius 2 is 1.84 bits per heavy atom. The number of nitrogens with two attached hydrogens (primary N) is 1. The van der Waals surface area contributed by atoms with Gasteiger partial charge in [0.15, 0.2) is 5.65 Å². The first-order valence-electron chi connectivity index (χ1n) is 16.8. The van der Waals surface area contributed by atoms with E-state index in [0.29, 0.717) is 59.0 Å². The number of benzene rings is 2. The lowest BCUT2D eigenvalue weighted by atomic mass is 10.00. The summed E-state index contributed by atoms with van der Waals surface area (Å²) < 4.78 is 7.39. The summed E-state index contributed by atoms with van der Waals surface area (Å²) in [6.45, 7) is 1.86. The standard InChI is InChI=1S/C37H38Cl2N8O3/c1-50-37-23(18-41-19-26-11-13-32(48)44-26)9-12-30(45-37)29-6-2-4-27(33(29)38)28-5-3-7-31(34(28)39)47-20-24-14-21(17-43-36(24)46-47)16-42-25-10-8-22(15-25)35(40)49/h2-7,9,12,14,17,20,22,25-26,41-42H,8,10-11,13,15-16,18-19H2,1H3,(H2,40,49)(H,44,48)/t22?,25?,26-/m0/s1. The second-order valence-electron chi connectivity index (χ2n) is 12.9. The Hall–Kier alpha value is -4.55. The van der Waals surface area contributed by atoms with E-state index < -0.39 is 0 Å². The molecule has 13 heteroatoms. The van der Waals surface area contributed by atoms with Gasteiger partial charge in [0.25, 0.3) is 0 Å². The Kier molecular flexibility index (Phi) is 10.0. The molecule has 1 aliphatic carbocycles. The number of pyridine rings is 2. The lowest BCUT2D eigenvalue weighted by Gasteiger charge is -2.15. The zero-order valence-electron chi connectivity index (χ0n) is 27.6. The molecule has 2 aromatic carbocycles. The number of rotatable bonds is 12. The maximum absolute atomic E-state index is 11.5. The summed E-state index contributed by atoms with van der Waals surface area (Å²) in [6, 6.07) is 17.9. The minimum atomic E-state index is -0.219. The Bertz CT molecular complexity index is 2070. The fourth-order valence-electron chi connectivity index (χ4n) is 6.85. The molecule has 0 bridgehead atoms. The Balaban J connectivity index is 1.09. The molecule has 1 saturated heterocycles. The Morgan fingerprint density at radius 1 is 1.04 bits per heavy atom. The summed E-state index contributed by atoms with van der Waals surface area (Å²) >= 11 is 14.2. The predicted octanol–water partition coefficient (Wildman–Crippen LogP) is 5.58. The number of hydrogen-bond acceptors (Lipinski definition) is 8. The van der Waals surface area contributed by atoms with Crippen LogP contribution in [0.4, 0.5) is 0 Å². The van der Waals surface area contributed by atoms with E-state index in [1.165, 1.54) is 0 Å². The highest BCUT2D eigenvalue weighted by Crippen LogP contribution is 2.41. The van der Waals surface area contributed by atoms with E-state index in [1.54, 1.807) is 11.8 Å². The highest BCUT2D eigenvalue weighted by Gasteiger charge is 2.28. The minimum Gasteiger partial charge on any atom is -0.481 e. The van der Waals surface area contributed by atoms with Crippen molar-refractivity contribution in [3.05, 3.63) is 88.2 Å². The molecule has 2 amide bonds. The molecule has 7 rings (SSSR count). The predicted molar refractivity (Wildman–Crippen MR) is 194 cm³/mol. The third kappa shape index (κ3) is 7.18. The zero-order chi connectivity index (χ0) is 34.8. The molecule has 11 nitrogen and oxygen atoms in total. The molecular weight excluding hydrogens is 675 g/mol. The van der Waals surface area contributed by atoms with Gasteiger partial charge in [-0.3, -0.25) is 9.59 Å². The van der Waals surface area contributed by atoms with Crippen LogP contribution in [0.15, 0.2) is 67.0 Å². The van der Waals surface area contributed by atoms with Gasteiger partial charge in [-0.2, -0.15) is 0 Å². The first-order chi connectivity index (χ1) is 24.3. The number of primary amides is 1. The van der Waals surface area contributed by atoms with Crippen LogP contribution in [-0.4, -0.2) is 57.3 Å². The summed E-state index contributed by atoms with van der Waals surface area (Å²) in [5.74, 6) is 0.327. The molecule has 0 spiro atoms. The van der Waals surface area contributed by atoms with Crippen molar-refractivity contribution >= 4 is 46.0 Å². The van der Waals surface area contributed by atoms with E-state index in [-0.39, 0.29) is 29.8 Å². The van der Waals surface area contributed by atoms with Crippen LogP contribution in [0.2, 0.25) is 10.0 Å². The average molecular weight is 714 g/mol. The molecule has 5 N–H and O–H groups in total. The number of amides is 2. The molecule has 0 radical (unpaired) electrons. The number of halogens is 2. The summed E-state index contributed by atoms with van der Waals surface area (Å²) in [7, 11) is 1.60. The molecule has 3 aromatic heterocycles. The van der Waals surface area contributed by atoms with E-state index in [9.17, 15) is 9.59 Å². The topological polar surface area (TPSA) is 149 Å². The highest BCUT2D eigenvalue weighted by atomic mass is 35.5. The molecule has 2 unspecified atom stereocenters. The van der Waals surface area contributed by atoms with Crippen LogP contribution in [0.3, 0.4) is 0 Å². The van der Waals surface area contributed by atoms with Crippen molar-refractivity contribution in [2.45, 2.75) is 57.3 Å². The number of carbonyl (C=O) groups excluding carboxylic acids is 2. The van der Waals surface area contributed by atoms with Crippen molar-refractivity contribution in [1.82, 2.24) is 35.7 Å². The van der Waals surface area contributed by atoms with Crippen molar-refractivity contribution in [2.24, 2.45) is 11.7 Å². The van der Waals surface area contributed by atoms with Crippen LogP contribution >= 0.6 is 23.2 Å². The second kappa shape index (κ2) is 14.7. The van der Waals surface area contributed by atoms with E-state index in [1.807, 2.05) is 60.9 Å². The second-order valence-corrected chi connectivity index (χ2v) is 13.7. The number of carbonyl (C=O) groups is 2. The van der Waals surface area contributed by atoms with Crippen molar-refractivity contribution in [2.75, 3.05) is 13.7 Å². The van der Waals surface area contributed by atoms with Crippen molar-refractivity contribution in [3.8, 4) is 34.0 Å². The summed E-state index contributed by atoms with van der Waals surface area (Å²) in [4.78, 5) is 32.4. The number of hydrogen-bond donors (Lipinski definition) is 4. The molecule has 2 aliphatic rings. The normalized spacial score (nSPS) is 18.9. The van der Waals surface area contributed by atoms with Crippen molar-refractivity contribution in [1.29, 1.82) is 0 Å². The van der Waals surface area contributed by atoms with Gasteiger partial charge >= 0.3 is 0 Å². The van der Waals surface area contributed by atoms with Gasteiger partial charge in [-0.25, -0.2) is 14.6 Å². The third-order valence-electron chi connectivity index (χ3n) is 9.56. The van der Waals surface area contributed by atoms with Gasteiger partial charge in [0, 0.05) is 84.1 Å². The van der Waals surface area contributed by atoms with Crippen LogP contribution in [0.1, 0.15) is 43.2 Å². The smallest absolute Gasteiger partial charge is 0.220 e. The first-order valence-corrected chi connectivity index (χ1v) is 17.5. The summed E-state index contributed by atoms with van der Waals surface area (Å²) in [5.41, 5.74) is 11.7. The number of fused-ring (bicyclic) bond motifs is 1. The SMILES string of the molecule is COc1nc(-c2cccc(-c3cccc(-n4cc5cc(CNC6CCC(C(N)=O)C6)cnc5n4)c3Cl)c2Cl)ccc1CNC[C@@H]1CCC(=O)N1. The van der Waals surface area contributed by atoms with Gasteiger partial charge in [0.1, 0.15) is 0 Å². The van der Waals surface area contributed by atoms with Crippen molar-refractivity contribution in [3.63, 3.8) is 0 Å². The zero-order valence-corrected chi connectivity index (χ0v) is 29.1. The van der Waals surface area contributed by atoms with Gasteiger partial charge in [-0.15, -0.1) is 5.10 Å². The molecule has 258 valence electrons. The van der Waals surface area contributed by atoms with Crippen LogP contribution in [0, 0.1) is 5.92 Å². The number of aromatic nitrogens is 4. The molecule has 3 atom stereocenters. The molecule has 1 saturated carbocycles. The quantitative estimate of drug-likeness (QED) is 0.131. The first kappa shape index (κ1) is 33.9. The number of ether oxygens (including phenoxy) is 1. The molecule has 5 aromatic rings. The van der Waals surface area contributed by atoms with Gasteiger partial charge in [-0.05, 0) is 49.4 Å². The van der Waals surface area contributed by atoms with Crippen LogP contribution in [0.5, 0.6) is 5.88 Å². The van der Waals surface area contributed by atoms with Crippen LogP contribution in [0.25, 0.3) is 39.1 Å².